The van der Waals surface area contributed by atoms with Crippen LogP contribution in [0.25, 0.3) is 6.08 Å². The predicted octanol–water partition coefficient (Wildman–Crippen LogP) is 3.24. The number of hydrogen-bond acceptors (Lipinski definition) is 8. The lowest BCUT2D eigenvalue weighted by molar-refractivity contribution is -0.134. The molecule has 1 unspecified atom stereocenters. The molecule has 9 nitrogen and oxygen atoms in total. The SMILES string of the molecule is O=C(/C=C/c1ccc(O)cc1)NCC(=O)Oc1cc(O)c2c(c1)OC(c1ccc(O)cc1)CC2=O. The van der Waals surface area contributed by atoms with E-state index >= 15 is 0 Å². The number of ether oxygens (including phenoxy) is 2. The number of esters is 1. The van der Waals surface area contributed by atoms with Crippen molar-refractivity contribution in [2.45, 2.75) is 12.5 Å². The van der Waals surface area contributed by atoms with Crippen LogP contribution in [0.3, 0.4) is 0 Å². The molecule has 3 aromatic rings. The van der Waals surface area contributed by atoms with E-state index in [1.165, 1.54) is 42.5 Å². The van der Waals surface area contributed by atoms with Gasteiger partial charge in [0.05, 0.1) is 6.42 Å². The van der Waals surface area contributed by atoms with Crippen molar-refractivity contribution in [3.63, 3.8) is 0 Å². The summed E-state index contributed by atoms with van der Waals surface area (Å²) < 4.78 is 11.1. The third-order valence-corrected chi connectivity index (χ3v) is 5.20. The van der Waals surface area contributed by atoms with Gasteiger partial charge in [-0.2, -0.15) is 0 Å². The number of hydrogen-bond donors (Lipinski definition) is 4. The highest BCUT2D eigenvalue weighted by Gasteiger charge is 2.31. The summed E-state index contributed by atoms with van der Waals surface area (Å²) in [5.41, 5.74) is 1.34. The molecule has 178 valence electrons. The number of nitrogens with one attached hydrogen (secondary N) is 1. The fourth-order valence-corrected chi connectivity index (χ4v) is 3.49. The number of benzene rings is 3. The maximum absolute atomic E-state index is 12.6. The second-order valence-corrected chi connectivity index (χ2v) is 7.76. The first-order valence-electron chi connectivity index (χ1n) is 10.6. The lowest BCUT2D eigenvalue weighted by atomic mass is 9.95. The molecule has 1 heterocycles. The van der Waals surface area contributed by atoms with E-state index in [9.17, 15) is 29.7 Å². The zero-order chi connectivity index (χ0) is 24.9. The maximum Gasteiger partial charge on any atom is 0.330 e. The second kappa shape index (κ2) is 10.0. The Morgan fingerprint density at radius 2 is 1.66 bits per heavy atom. The van der Waals surface area contributed by atoms with Gasteiger partial charge in [0, 0.05) is 18.2 Å². The molecule has 1 atom stereocenters. The lowest BCUT2D eigenvalue weighted by Crippen LogP contribution is -2.30. The minimum absolute atomic E-state index is 0.00579. The molecule has 4 N–H and O–H groups in total. The van der Waals surface area contributed by atoms with E-state index in [0.29, 0.717) is 11.1 Å². The molecule has 0 saturated carbocycles. The van der Waals surface area contributed by atoms with Gasteiger partial charge in [-0.05, 0) is 41.5 Å². The Morgan fingerprint density at radius 3 is 2.34 bits per heavy atom. The normalized spacial score (nSPS) is 14.7. The Bertz CT molecular complexity index is 1300. The van der Waals surface area contributed by atoms with Gasteiger partial charge >= 0.3 is 5.97 Å². The smallest absolute Gasteiger partial charge is 0.330 e. The van der Waals surface area contributed by atoms with Crippen LogP contribution in [0.4, 0.5) is 0 Å². The number of fused-ring (bicyclic) bond motifs is 1. The Balaban J connectivity index is 1.38. The summed E-state index contributed by atoms with van der Waals surface area (Å²) in [4.78, 5) is 36.7. The van der Waals surface area contributed by atoms with Crippen molar-refractivity contribution in [3.05, 3.63) is 83.4 Å². The first-order valence-corrected chi connectivity index (χ1v) is 10.6. The van der Waals surface area contributed by atoms with Crippen molar-refractivity contribution in [2.24, 2.45) is 0 Å². The molecule has 0 aromatic heterocycles. The van der Waals surface area contributed by atoms with E-state index in [-0.39, 0.29) is 46.5 Å². The van der Waals surface area contributed by atoms with Gasteiger partial charge in [-0.1, -0.05) is 24.3 Å². The van der Waals surface area contributed by atoms with E-state index in [0.717, 1.165) is 6.07 Å². The molecule has 0 bridgehead atoms. The number of phenols is 3. The van der Waals surface area contributed by atoms with Crippen LogP contribution in [0, 0.1) is 0 Å². The Labute approximate surface area is 199 Å². The molecule has 0 spiro atoms. The molecule has 3 aromatic carbocycles. The van der Waals surface area contributed by atoms with Gasteiger partial charge in [0.2, 0.25) is 5.91 Å². The van der Waals surface area contributed by atoms with Gasteiger partial charge in [0.25, 0.3) is 0 Å². The third-order valence-electron chi connectivity index (χ3n) is 5.20. The minimum Gasteiger partial charge on any atom is -0.508 e. The molecular weight excluding hydrogens is 454 g/mol. The molecule has 0 radical (unpaired) electrons. The van der Waals surface area contributed by atoms with E-state index in [4.69, 9.17) is 9.47 Å². The molecule has 0 fully saturated rings. The van der Waals surface area contributed by atoms with Crippen LogP contribution in [0.15, 0.2) is 66.7 Å². The summed E-state index contributed by atoms with van der Waals surface area (Å²) in [6.45, 7) is -0.438. The summed E-state index contributed by atoms with van der Waals surface area (Å²) >= 11 is 0. The van der Waals surface area contributed by atoms with E-state index in [1.807, 2.05) is 0 Å². The highest BCUT2D eigenvalue weighted by molar-refractivity contribution is 6.03. The fourth-order valence-electron chi connectivity index (χ4n) is 3.49. The minimum atomic E-state index is -0.798. The first kappa shape index (κ1) is 23.4. The summed E-state index contributed by atoms with van der Waals surface area (Å²) in [6, 6.07) is 14.9. The van der Waals surface area contributed by atoms with Crippen molar-refractivity contribution in [2.75, 3.05) is 6.54 Å². The van der Waals surface area contributed by atoms with Crippen molar-refractivity contribution >= 4 is 23.7 Å². The summed E-state index contributed by atoms with van der Waals surface area (Å²) in [5, 5.41) is 31.4. The van der Waals surface area contributed by atoms with Crippen LogP contribution in [-0.4, -0.2) is 39.5 Å². The van der Waals surface area contributed by atoms with Crippen molar-refractivity contribution in [1.29, 1.82) is 0 Å². The molecule has 1 amide bonds. The largest absolute Gasteiger partial charge is 0.508 e. The number of phenolic OH excluding ortho intramolecular Hbond substituents is 3. The van der Waals surface area contributed by atoms with Crippen LogP contribution in [0.1, 0.15) is 34.0 Å². The van der Waals surface area contributed by atoms with Crippen LogP contribution in [0.5, 0.6) is 28.7 Å². The number of Topliss-reactive ketones (excluding diaryl/α,β-unsaturated/α-hetero) is 1. The molecule has 0 saturated heterocycles. The zero-order valence-corrected chi connectivity index (χ0v) is 18.3. The number of carbonyl (C=O) groups excluding carboxylic acids is 3. The number of ketones is 1. The summed E-state index contributed by atoms with van der Waals surface area (Å²) in [5.74, 6) is -1.88. The Morgan fingerprint density at radius 1 is 1.00 bits per heavy atom. The fraction of sp³-hybridized carbons (Fsp3) is 0.115. The van der Waals surface area contributed by atoms with Gasteiger partial charge in [0.1, 0.15) is 47.0 Å². The van der Waals surface area contributed by atoms with Crippen LogP contribution >= 0.6 is 0 Å². The summed E-state index contributed by atoms with van der Waals surface area (Å²) in [7, 11) is 0. The van der Waals surface area contributed by atoms with Gasteiger partial charge in [0.15, 0.2) is 5.78 Å². The molecular formula is C26H21NO8. The quantitative estimate of drug-likeness (QED) is 0.242. The average molecular weight is 475 g/mol. The van der Waals surface area contributed by atoms with E-state index in [2.05, 4.69) is 5.32 Å². The maximum atomic E-state index is 12.6. The molecule has 1 aliphatic rings. The number of amides is 1. The predicted molar refractivity (Wildman–Crippen MR) is 124 cm³/mol. The van der Waals surface area contributed by atoms with Gasteiger partial charge < -0.3 is 30.1 Å². The Kier molecular flexibility index (Phi) is 6.68. The van der Waals surface area contributed by atoms with Crippen molar-refractivity contribution < 1.29 is 39.2 Å². The van der Waals surface area contributed by atoms with Gasteiger partial charge in [-0.25, -0.2) is 4.79 Å². The third kappa shape index (κ3) is 5.77. The van der Waals surface area contributed by atoms with E-state index < -0.39 is 24.5 Å². The molecule has 4 rings (SSSR count). The van der Waals surface area contributed by atoms with Crippen molar-refractivity contribution in [3.8, 4) is 28.7 Å². The summed E-state index contributed by atoms with van der Waals surface area (Å²) in [6.07, 6.45) is 2.10. The second-order valence-electron chi connectivity index (χ2n) is 7.76. The van der Waals surface area contributed by atoms with Gasteiger partial charge in [-0.15, -0.1) is 0 Å². The van der Waals surface area contributed by atoms with Crippen molar-refractivity contribution in [1.82, 2.24) is 5.32 Å². The number of aromatic hydroxyl groups is 3. The molecule has 9 heteroatoms. The topological polar surface area (TPSA) is 142 Å². The Hall–Kier alpha value is -4.79. The van der Waals surface area contributed by atoms with Crippen LogP contribution in [-0.2, 0) is 9.59 Å². The standard InChI is InChI=1S/C26H21NO8/c28-17-6-1-15(2-7-17)3-10-24(32)27-14-25(33)34-19-11-20(30)26-21(31)13-22(35-23(26)12-19)16-4-8-18(29)9-5-16/h1-12,22,28-30H,13-14H2,(H,27,32)/b10-3+. The highest BCUT2D eigenvalue weighted by Crippen LogP contribution is 2.42. The van der Waals surface area contributed by atoms with Gasteiger partial charge in [-0.3, -0.25) is 9.59 Å². The number of rotatable bonds is 6. The zero-order valence-electron chi connectivity index (χ0n) is 18.3. The van der Waals surface area contributed by atoms with Crippen LogP contribution < -0.4 is 14.8 Å². The molecule has 0 aliphatic carbocycles. The lowest BCUT2D eigenvalue weighted by Gasteiger charge is -2.26. The average Bonchev–Trinajstić information content (AvgIpc) is 2.82. The first-order chi connectivity index (χ1) is 16.8. The molecule has 35 heavy (non-hydrogen) atoms. The van der Waals surface area contributed by atoms with E-state index in [1.54, 1.807) is 24.3 Å². The molecule has 1 aliphatic heterocycles. The highest BCUT2D eigenvalue weighted by atomic mass is 16.5. The monoisotopic (exact) mass is 475 g/mol. The number of carbonyl (C=O) groups is 3. The van der Waals surface area contributed by atoms with Crippen LogP contribution in [0.2, 0.25) is 0 Å².